The van der Waals surface area contributed by atoms with Crippen molar-refractivity contribution in [3.8, 4) is 0 Å². The van der Waals surface area contributed by atoms with Crippen molar-refractivity contribution in [1.29, 1.82) is 0 Å². The lowest BCUT2D eigenvalue weighted by atomic mass is 10.0. The number of carboxylic acid groups (broad SMARTS) is 6. The van der Waals surface area contributed by atoms with Crippen LogP contribution in [0, 0.1) is 5.92 Å². The zero-order chi connectivity index (χ0) is 53.2. The number of nitrogens with zero attached hydrogens (tertiary/aromatic N) is 12. The second-order valence-corrected chi connectivity index (χ2v) is 20.0. The van der Waals surface area contributed by atoms with E-state index in [0.29, 0.717) is 13.1 Å². The van der Waals surface area contributed by atoms with Crippen molar-refractivity contribution in [2.45, 2.75) is 12.1 Å². The van der Waals surface area contributed by atoms with Crippen LogP contribution in [0.4, 0.5) is 0 Å². The summed E-state index contributed by atoms with van der Waals surface area (Å²) in [7, 11) is 2.03. The summed E-state index contributed by atoms with van der Waals surface area (Å²) in [4.78, 5) is 136. The molecule has 28 nitrogen and oxygen atoms in total. The molecule has 0 aromatic carbocycles. The minimum atomic E-state index is -1.08. The van der Waals surface area contributed by atoms with Crippen LogP contribution in [0.25, 0.3) is 0 Å². The highest BCUT2D eigenvalue weighted by Crippen LogP contribution is 2.19. The van der Waals surface area contributed by atoms with E-state index < -0.39 is 41.7 Å². The average Bonchev–Trinajstić information content (AvgIpc) is 3.53. The quantitative estimate of drug-likeness (QED) is 0.0712. The Labute approximate surface area is 425 Å². The van der Waals surface area contributed by atoms with E-state index in [0.717, 1.165) is 13.1 Å². The number of nitrogens with one attached hydrogen (secondary N) is 1. The topological polar surface area (TPSA) is 326 Å². The summed E-state index contributed by atoms with van der Waals surface area (Å²) in [6, 6.07) is 0.0440. The third-order valence-electron chi connectivity index (χ3n) is 14.0. The number of carboxylic acids is 6. The number of aliphatic carboxylic acids is 6. The first kappa shape index (κ1) is 58.7. The molecule has 28 heteroatoms. The van der Waals surface area contributed by atoms with E-state index in [1.54, 1.807) is 39.2 Å². The molecule has 5 aliphatic rings. The minimum Gasteiger partial charge on any atom is -0.480 e. The molecule has 7 N–H and O–H groups in total. The van der Waals surface area contributed by atoms with Gasteiger partial charge in [-0.1, -0.05) is 0 Å². The Morgan fingerprint density at radius 1 is 0.329 bits per heavy atom. The molecule has 0 aliphatic carbocycles. The number of hydrogen-bond donors (Lipinski definition) is 7. The van der Waals surface area contributed by atoms with Gasteiger partial charge in [0, 0.05) is 169 Å². The maximum Gasteiger partial charge on any atom is 0.317 e. The summed E-state index contributed by atoms with van der Waals surface area (Å²) in [6.07, 6.45) is 0. The van der Waals surface area contributed by atoms with E-state index in [-0.39, 0.29) is 213 Å². The summed E-state index contributed by atoms with van der Waals surface area (Å²) in [6.45, 7) is 3.51. The third-order valence-corrected chi connectivity index (χ3v) is 14.0. The van der Waals surface area contributed by atoms with Crippen molar-refractivity contribution in [1.82, 2.24) is 64.1 Å². The Morgan fingerprint density at radius 2 is 0.562 bits per heavy atom. The maximum absolute atomic E-state index is 14.7. The molecule has 0 aromatic rings. The van der Waals surface area contributed by atoms with Gasteiger partial charge in [-0.05, 0) is 7.05 Å². The van der Waals surface area contributed by atoms with Crippen molar-refractivity contribution in [2.24, 2.45) is 5.92 Å². The molecule has 0 spiro atoms. The zero-order valence-corrected chi connectivity index (χ0v) is 42.1. The highest BCUT2D eigenvalue weighted by Gasteiger charge is 2.40. The van der Waals surface area contributed by atoms with Gasteiger partial charge in [0.25, 0.3) is 0 Å². The van der Waals surface area contributed by atoms with Crippen LogP contribution in [0.2, 0.25) is 0 Å². The van der Waals surface area contributed by atoms with Crippen LogP contribution in [0.15, 0.2) is 0 Å². The summed E-state index contributed by atoms with van der Waals surface area (Å²) in [5.41, 5.74) is 0. The third kappa shape index (κ3) is 20.9. The van der Waals surface area contributed by atoms with E-state index in [1.165, 1.54) is 0 Å². The van der Waals surface area contributed by atoms with Gasteiger partial charge >= 0.3 is 35.8 Å². The van der Waals surface area contributed by atoms with E-state index in [1.807, 2.05) is 21.7 Å². The highest BCUT2D eigenvalue weighted by atomic mass is 16.4. The number of fused-ring (bicyclic) bond motifs is 2. The van der Waals surface area contributed by atoms with E-state index in [2.05, 4.69) is 10.2 Å². The molecule has 5 rings (SSSR count). The van der Waals surface area contributed by atoms with Crippen molar-refractivity contribution >= 4 is 53.5 Å². The van der Waals surface area contributed by atoms with Crippen LogP contribution in [0.1, 0.15) is 0 Å². The van der Waals surface area contributed by atoms with E-state index in [4.69, 9.17) is 0 Å². The minimum absolute atomic E-state index is 0.00104. The number of rotatable bonds is 17. The number of hydrogen-bond acceptors (Lipinski definition) is 19. The fraction of sp³-hybridized carbons (Fsp3) is 0.800. The molecule has 0 radical (unpaired) electrons. The van der Waals surface area contributed by atoms with Crippen LogP contribution >= 0.6 is 0 Å². The SMILES string of the molecule is CN1CC2CN(C(=O)C3CN(C(=O)CN4CCN(CC(=O)O)CCN(CC(=O)O)CCN(CC(=O)O)CC4)CCN(C(=O)CN4CCN(CC(=O)O)CCN(CC(=O)O)CCN(CC(=O)O)CC4)C3)CC(C1)N2. The zero-order valence-electron chi connectivity index (χ0n) is 42.1. The molecule has 2 atom stereocenters. The van der Waals surface area contributed by atoms with Gasteiger partial charge in [-0.2, -0.15) is 0 Å². The number of carbonyl (C=O) groups is 9. The van der Waals surface area contributed by atoms with Crippen molar-refractivity contribution in [3.63, 3.8) is 0 Å². The summed E-state index contributed by atoms with van der Waals surface area (Å²) in [5.74, 6) is -8.19. The monoisotopic (exact) mass is 1040 g/mol. The molecule has 3 amide bonds. The molecular weight excluding hydrogens is 963 g/mol. The average molecular weight is 1040 g/mol. The second-order valence-electron chi connectivity index (χ2n) is 20.0. The van der Waals surface area contributed by atoms with Crippen LogP contribution in [0.5, 0.6) is 0 Å². The summed E-state index contributed by atoms with van der Waals surface area (Å²) in [5, 5.41) is 61.5. The maximum atomic E-state index is 14.7. The molecule has 5 fully saturated rings. The molecule has 2 unspecified atom stereocenters. The van der Waals surface area contributed by atoms with Gasteiger partial charge in [-0.25, -0.2) is 0 Å². The van der Waals surface area contributed by atoms with Crippen molar-refractivity contribution in [2.75, 3.05) is 216 Å². The number of amides is 3. The number of piperazine rings is 2. The lowest BCUT2D eigenvalue weighted by Crippen LogP contribution is -2.68. The first-order valence-electron chi connectivity index (χ1n) is 25.1. The fourth-order valence-electron chi connectivity index (χ4n) is 10.3. The summed E-state index contributed by atoms with van der Waals surface area (Å²) < 4.78 is 0. The molecule has 5 heterocycles. The van der Waals surface area contributed by atoms with Crippen LogP contribution in [-0.2, 0) is 43.2 Å². The lowest BCUT2D eigenvalue weighted by molar-refractivity contribution is -0.143. The first-order valence-corrected chi connectivity index (χ1v) is 25.1. The van der Waals surface area contributed by atoms with Gasteiger partial charge in [-0.15, -0.1) is 0 Å². The summed E-state index contributed by atoms with van der Waals surface area (Å²) >= 11 is 0. The van der Waals surface area contributed by atoms with E-state index >= 15 is 0 Å². The van der Waals surface area contributed by atoms with Gasteiger partial charge in [0.2, 0.25) is 17.7 Å². The molecule has 5 saturated heterocycles. The molecule has 0 saturated carbocycles. The Morgan fingerprint density at radius 3 is 0.795 bits per heavy atom. The fourth-order valence-corrected chi connectivity index (χ4v) is 10.3. The largest absolute Gasteiger partial charge is 0.480 e. The van der Waals surface area contributed by atoms with E-state index in [9.17, 15) is 73.8 Å². The van der Waals surface area contributed by atoms with Crippen molar-refractivity contribution in [3.05, 3.63) is 0 Å². The predicted molar refractivity (Wildman–Crippen MR) is 259 cm³/mol. The normalized spacial score (nSPS) is 24.0. The van der Waals surface area contributed by atoms with Gasteiger partial charge in [-0.3, -0.25) is 82.4 Å². The standard InChI is InChI=1S/C45H77N13O15/c1-47-22-35-24-58(25-36(23-47)46-35)45(73)34-20-56(37(59)26-48-2-6-50(28-39(61)62)10-14-54(32-43(69)70)15-11-51(7-3-48)29-40(63)64)18-19-57(21-34)38(60)27-49-4-8-52(30-41(65)66)12-16-55(33-44(71)72)17-13-53(9-5-49)31-42(67)68/h34-36,46H,2-33H2,1H3,(H,61,62)(H,63,64)(H,65,66)(H,67,68)(H,69,70)(H,71,72). The Kier molecular flexibility index (Phi) is 23.4. The molecule has 2 bridgehead atoms. The molecule has 412 valence electrons. The van der Waals surface area contributed by atoms with Crippen LogP contribution < -0.4 is 5.32 Å². The molecule has 73 heavy (non-hydrogen) atoms. The second kappa shape index (κ2) is 29.1. The molecule has 5 aliphatic heterocycles. The lowest BCUT2D eigenvalue weighted by Gasteiger charge is -2.46. The van der Waals surface area contributed by atoms with Gasteiger partial charge in [0.15, 0.2) is 0 Å². The predicted octanol–water partition coefficient (Wildman–Crippen LogP) is -6.66. The van der Waals surface area contributed by atoms with Crippen molar-refractivity contribution < 1.29 is 73.8 Å². The number of carbonyl (C=O) groups excluding carboxylic acids is 3. The first-order chi connectivity index (χ1) is 34.7. The Bertz CT molecular complexity index is 1730. The smallest absolute Gasteiger partial charge is 0.317 e. The Hall–Kier alpha value is -5.17. The molecular formula is C45H77N13O15. The van der Waals surface area contributed by atoms with Gasteiger partial charge in [0.05, 0.1) is 58.3 Å². The van der Waals surface area contributed by atoms with Gasteiger partial charge in [0.1, 0.15) is 0 Å². The van der Waals surface area contributed by atoms with Crippen LogP contribution in [0.3, 0.4) is 0 Å². The van der Waals surface area contributed by atoms with Gasteiger partial charge < -0.3 is 55.6 Å². The Balaban J connectivity index is 1.36. The highest BCUT2D eigenvalue weighted by molar-refractivity contribution is 5.84. The van der Waals surface area contributed by atoms with Crippen LogP contribution in [-0.4, -0.2) is 372 Å². The number of likely N-dealkylation sites (N-methyl/N-ethyl adjacent to an activating group) is 1. The molecule has 0 aromatic heterocycles.